The van der Waals surface area contributed by atoms with Crippen molar-refractivity contribution in [2.75, 3.05) is 13.6 Å². The molecule has 2 N–H and O–H groups in total. The number of hydrogen-bond donors (Lipinski definition) is 2. The van der Waals surface area contributed by atoms with Gasteiger partial charge in [-0.15, -0.1) is 0 Å². The zero-order valence-electron chi connectivity index (χ0n) is 11.8. The summed E-state index contributed by atoms with van der Waals surface area (Å²) in [7, 11) is -2.48. The molecule has 0 unspecified atom stereocenters. The number of hydrogen-bond acceptors (Lipinski definition) is 4. The molecule has 22 heavy (non-hydrogen) atoms. The van der Waals surface area contributed by atoms with Gasteiger partial charge in [-0.05, 0) is 37.2 Å². The van der Waals surface area contributed by atoms with Gasteiger partial charge in [-0.1, -0.05) is 18.2 Å². The lowest BCUT2D eigenvalue weighted by molar-refractivity contribution is 0.0921. The topological polar surface area (TPSA) is 88.4 Å². The second kappa shape index (κ2) is 6.71. The summed E-state index contributed by atoms with van der Waals surface area (Å²) in [5, 5.41) is 2.20. The van der Waals surface area contributed by atoms with Crippen LogP contribution in [0.15, 0.2) is 45.9 Å². The van der Waals surface area contributed by atoms with Gasteiger partial charge < -0.3 is 9.73 Å². The fourth-order valence-corrected chi connectivity index (χ4v) is 2.43. The van der Waals surface area contributed by atoms with E-state index >= 15 is 0 Å². The van der Waals surface area contributed by atoms with Gasteiger partial charge in [0.25, 0.3) is 15.9 Å². The van der Waals surface area contributed by atoms with Crippen LogP contribution in [0, 0.1) is 5.82 Å². The SMILES string of the molecule is CNS(=O)(=O)c1ccc(C(=O)NCCc2ccccc2F)o1. The molecule has 0 atom stereocenters. The van der Waals surface area contributed by atoms with Crippen LogP contribution in [0.1, 0.15) is 16.1 Å². The van der Waals surface area contributed by atoms with Crippen molar-refractivity contribution in [3.05, 3.63) is 53.5 Å². The minimum atomic E-state index is -3.73. The van der Waals surface area contributed by atoms with Crippen molar-refractivity contribution < 1.29 is 22.0 Å². The summed E-state index contributed by atoms with van der Waals surface area (Å²) in [6.07, 6.45) is 0.320. The van der Waals surface area contributed by atoms with Crippen molar-refractivity contribution in [1.29, 1.82) is 0 Å². The molecule has 6 nitrogen and oxygen atoms in total. The van der Waals surface area contributed by atoms with Crippen LogP contribution in [0.3, 0.4) is 0 Å². The lowest BCUT2D eigenvalue weighted by atomic mass is 10.1. The number of carbonyl (C=O) groups excluding carboxylic acids is 1. The molecule has 1 aromatic heterocycles. The van der Waals surface area contributed by atoms with E-state index in [4.69, 9.17) is 4.42 Å². The van der Waals surface area contributed by atoms with Crippen LogP contribution in [-0.2, 0) is 16.4 Å². The maximum atomic E-state index is 13.4. The highest BCUT2D eigenvalue weighted by Crippen LogP contribution is 2.13. The fourth-order valence-electron chi connectivity index (χ4n) is 1.79. The molecule has 1 aromatic carbocycles. The molecule has 0 saturated heterocycles. The predicted octanol–water partition coefficient (Wildman–Crippen LogP) is 1.30. The maximum absolute atomic E-state index is 13.4. The molecule has 2 aromatic rings. The summed E-state index contributed by atoms with van der Waals surface area (Å²) in [4.78, 5) is 11.8. The third kappa shape index (κ3) is 3.71. The van der Waals surface area contributed by atoms with Gasteiger partial charge in [-0.3, -0.25) is 4.79 Å². The fraction of sp³-hybridized carbons (Fsp3) is 0.214. The highest BCUT2D eigenvalue weighted by atomic mass is 32.2. The molecule has 8 heteroatoms. The number of nitrogens with one attached hydrogen (secondary N) is 2. The Morgan fingerprint density at radius 3 is 2.64 bits per heavy atom. The molecule has 0 bridgehead atoms. The van der Waals surface area contributed by atoms with Crippen molar-refractivity contribution in [3.63, 3.8) is 0 Å². The van der Waals surface area contributed by atoms with E-state index in [1.807, 2.05) is 0 Å². The molecule has 0 saturated carbocycles. The van der Waals surface area contributed by atoms with E-state index in [1.165, 1.54) is 25.2 Å². The minimum Gasteiger partial charge on any atom is -0.438 e. The van der Waals surface area contributed by atoms with Crippen LogP contribution in [0.5, 0.6) is 0 Å². The quantitative estimate of drug-likeness (QED) is 0.837. The summed E-state index contributed by atoms with van der Waals surface area (Å²) in [6.45, 7) is 0.203. The molecular weight excluding hydrogens is 311 g/mol. The number of furan rings is 1. The second-order valence-corrected chi connectivity index (χ2v) is 6.24. The molecular formula is C14H15FN2O4S. The van der Waals surface area contributed by atoms with Crippen LogP contribution < -0.4 is 10.0 Å². The predicted molar refractivity (Wildman–Crippen MR) is 77.4 cm³/mol. The van der Waals surface area contributed by atoms with Crippen molar-refractivity contribution in [1.82, 2.24) is 10.0 Å². The highest BCUT2D eigenvalue weighted by Gasteiger charge is 2.19. The number of rotatable bonds is 6. The number of sulfonamides is 1. The minimum absolute atomic E-state index is 0.123. The van der Waals surface area contributed by atoms with Gasteiger partial charge >= 0.3 is 0 Å². The number of halogens is 1. The van der Waals surface area contributed by atoms with E-state index in [0.717, 1.165) is 0 Å². The summed E-state index contributed by atoms with van der Waals surface area (Å²) in [5.41, 5.74) is 0.487. The molecule has 1 heterocycles. The average Bonchev–Trinajstić information content (AvgIpc) is 3.00. The standard InChI is InChI=1S/C14H15FN2O4S/c1-16-22(19,20)13-7-6-12(21-13)14(18)17-9-8-10-4-2-3-5-11(10)15/h2-7,16H,8-9H2,1H3,(H,17,18). The van der Waals surface area contributed by atoms with Crippen molar-refractivity contribution in [3.8, 4) is 0 Å². The van der Waals surface area contributed by atoms with Crippen molar-refractivity contribution in [2.24, 2.45) is 0 Å². The number of benzene rings is 1. The Balaban J connectivity index is 1.95. The van der Waals surface area contributed by atoms with Crippen molar-refractivity contribution >= 4 is 15.9 Å². The van der Waals surface area contributed by atoms with Gasteiger partial charge in [-0.2, -0.15) is 0 Å². The zero-order chi connectivity index (χ0) is 16.2. The third-order valence-electron chi connectivity index (χ3n) is 2.98. The van der Waals surface area contributed by atoms with E-state index in [2.05, 4.69) is 10.0 Å². The van der Waals surface area contributed by atoms with E-state index in [-0.39, 0.29) is 23.2 Å². The van der Waals surface area contributed by atoms with Gasteiger partial charge in [-0.25, -0.2) is 17.5 Å². The number of amides is 1. The van der Waals surface area contributed by atoms with Crippen LogP contribution >= 0.6 is 0 Å². The molecule has 118 valence electrons. The lowest BCUT2D eigenvalue weighted by Crippen LogP contribution is -2.25. The molecule has 2 rings (SSSR count). The Labute approximate surface area is 127 Å². The molecule has 0 aliphatic rings. The van der Waals surface area contributed by atoms with E-state index in [9.17, 15) is 17.6 Å². The van der Waals surface area contributed by atoms with E-state index in [1.54, 1.807) is 18.2 Å². The molecule has 0 fully saturated rings. The van der Waals surface area contributed by atoms with Gasteiger partial charge in [0.1, 0.15) is 5.82 Å². The van der Waals surface area contributed by atoms with Crippen LogP contribution in [0.25, 0.3) is 0 Å². The summed E-state index contributed by atoms with van der Waals surface area (Å²) >= 11 is 0. The van der Waals surface area contributed by atoms with Gasteiger partial charge in [0, 0.05) is 6.54 Å². The van der Waals surface area contributed by atoms with Gasteiger partial charge in [0.2, 0.25) is 5.09 Å². The van der Waals surface area contributed by atoms with Gasteiger partial charge in [0.05, 0.1) is 0 Å². The molecule has 0 aliphatic carbocycles. The zero-order valence-corrected chi connectivity index (χ0v) is 12.6. The summed E-state index contributed by atoms with van der Waals surface area (Å²) in [5.74, 6) is -1.02. The van der Waals surface area contributed by atoms with Gasteiger partial charge in [0.15, 0.2) is 5.76 Å². The Kier molecular flexibility index (Phi) is 4.94. The summed E-state index contributed by atoms with van der Waals surface area (Å²) < 4.78 is 43.5. The van der Waals surface area contributed by atoms with Crippen LogP contribution in [-0.4, -0.2) is 27.9 Å². The Hall–Kier alpha value is -2.19. The highest BCUT2D eigenvalue weighted by molar-refractivity contribution is 7.89. The third-order valence-corrected chi connectivity index (χ3v) is 4.26. The first-order valence-corrected chi connectivity index (χ1v) is 7.97. The summed E-state index contributed by atoms with van der Waals surface area (Å²) in [6, 6.07) is 8.73. The molecule has 0 radical (unpaired) electrons. The first kappa shape index (κ1) is 16.2. The first-order chi connectivity index (χ1) is 10.4. The van der Waals surface area contributed by atoms with Crippen LogP contribution in [0.4, 0.5) is 4.39 Å². The Morgan fingerprint density at radius 2 is 1.95 bits per heavy atom. The normalized spacial score (nSPS) is 11.4. The Bertz CT molecular complexity index is 771. The first-order valence-electron chi connectivity index (χ1n) is 6.49. The van der Waals surface area contributed by atoms with E-state index in [0.29, 0.717) is 12.0 Å². The largest absolute Gasteiger partial charge is 0.438 e. The number of carbonyl (C=O) groups is 1. The average molecular weight is 326 g/mol. The molecule has 0 aliphatic heterocycles. The monoisotopic (exact) mass is 326 g/mol. The maximum Gasteiger partial charge on any atom is 0.287 e. The molecule has 0 spiro atoms. The van der Waals surface area contributed by atoms with Crippen LogP contribution in [0.2, 0.25) is 0 Å². The van der Waals surface area contributed by atoms with Crippen molar-refractivity contribution in [2.45, 2.75) is 11.5 Å². The lowest BCUT2D eigenvalue weighted by Gasteiger charge is -2.04. The Morgan fingerprint density at radius 1 is 1.23 bits per heavy atom. The molecule has 1 amide bonds. The smallest absolute Gasteiger partial charge is 0.287 e. The second-order valence-electron chi connectivity index (χ2n) is 4.42. The van der Waals surface area contributed by atoms with E-state index < -0.39 is 15.9 Å².